The standard InChI is InChI=1S/C13H27N/c1-4-8-12(14-11-5-2)13(3)9-6-7-10-13/h12,14H,4-11H2,1-3H3. The summed E-state index contributed by atoms with van der Waals surface area (Å²) in [5, 5.41) is 3.75. The minimum atomic E-state index is 0.602. The molecule has 1 saturated carbocycles. The van der Waals surface area contributed by atoms with Crippen molar-refractivity contribution >= 4 is 0 Å². The Morgan fingerprint density at radius 3 is 2.29 bits per heavy atom. The molecule has 14 heavy (non-hydrogen) atoms. The maximum absolute atomic E-state index is 3.75. The van der Waals surface area contributed by atoms with Crippen LogP contribution in [-0.2, 0) is 0 Å². The van der Waals surface area contributed by atoms with Crippen molar-refractivity contribution in [1.82, 2.24) is 5.32 Å². The first kappa shape index (κ1) is 12.0. The molecular formula is C13H27N. The third-order valence-electron chi connectivity index (χ3n) is 3.81. The second-order valence-corrected chi connectivity index (χ2v) is 5.16. The van der Waals surface area contributed by atoms with Crippen LogP contribution in [0.2, 0.25) is 0 Å². The molecule has 0 saturated heterocycles. The van der Waals surface area contributed by atoms with E-state index in [-0.39, 0.29) is 0 Å². The normalized spacial score (nSPS) is 22.5. The summed E-state index contributed by atoms with van der Waals surface area (Å²) in [6, 6.07) is 0.773. The fourth-order valence-electron chi connectivity index (χ4n) is 2.84. The first-order chi connectivity index (χ1) is 6.73. The van der Waals surface area contributed by atoms with E-state index < -0.39 is 0 Å². The van der Waals surface area contributed by atoms with E-state index >= 15 is 0 Å². The van der Waals surface area contributed by atoms with Crippen molar-refractivity contribution in [2.75, 3.05) is 6.54 Å². The highest BCUT2D eigenvalue weighted by Crippen LogP contribution is 2.41. The summed E-state index contributed by atoms with van der Waals surface area (Å²) in [5.41, 5.74) is 0.602. The molecule has 0 heterocycles. The molecule has 1 fully saturated rings. The van der Waals surface area contributed by atoms with Crippen molar-refractivity contribution in [2.24, 2.45) is 5.41 Å². The summed E-state index contributed by atoms with van der Waals surface area (Å²) in [7, 11) is 0. The van der Waals surface area contributed by atoms with Crippen LogP contribution in [0.5, 0.6) is 0 Å². The van der Waals surface area contributed by atoms with Crippen LogP contribution in [0, 0.1) is 5.41 Å². The van der Waals surface area contributed by atoms with Gasteiger partial charge in [0.15, 0.2) is 0 Å². The smallest absolute Gasteiger partial charge is 0.0121 e. The van der Waals surface area contributed by atoms with Crippen molar-refractivity contribution in [1.29, 1.82) is 0 Å². The first-order valence-electron chi connectivity index (χ1n) is 6.46. The van der Waals surface area contributed by atoms with Crippen LogP contribution in [0.4, 0.5) is 0 Å². The zero-order valence-corrected chi connectivity index (χ0v) is 10.2. The van der Waals surface area contributed by atoms with Gasteiger partial charge in [-0.15, -0.1) is 0 Å². The molecule has 0 aromatic heterocycles. The summed E-state index contributed by atoms with van der Waals surface area (Å²) in [4.78, 5) is 0. The lowest BCUT2D eigenvalue weighted by Crippen LogP contribution is -2.42. The molecule has 1 rings (SSSR count). The van der Waals surface area contributed by atoms with Crippen LogP contribution in [0.25, 0.3) is 0 Å². The Morgan fingerprint density at radius 1 is 1.14 bits per heavy atom. The van der Waals surface area contributed by atoms with Gasteiger partial charge in [-0.05, 0) is 37.6 Å². The van der Waals surface area contributed by atoms with Crippen molar-refractivity contribution < 1.29 is 0 Å². The Bertz CT molecular complexity index is 147. The van der Waals surface area contributed by atoms with Gasteiger partial charge >= 0.3 is 0 Å². The molecule has 0 aliphatic heterocycles. The summed E-state index contributed by atoms with van der Waals surface area (Å²) in [5.74, 6) is 0. The van der Waals surface area contributed by atoms with Crippen LogP contribution >= 0.6 is 0 Å². The molecule has 0 spiro atoms. The van der Waals surface area contributed by atoms with Gasteiger partial charge in [-0.25, -0.2) is 0 Å². The van der Waals surface area contributed by atoms with Crippen molar-refractivity contribution in [3.63, 3.8) is 0 Å². The lowest BCUT2D eigenvalue weighted by molar-refractivity contribution is 0.209. The number of hydrogen-bond donors (Lipinski definition) is 1. The van der Waals surface area contributed by atoms with Gasteiger partial charge in [-0.3, -0.25) is 0 Å². The second-order valence-electron chi connectivity index (χ2n) is 5.16. The minimum absolute atomic E-state index is 0.602. The number of rotatable bonds is 6. The van der Waals surface area contributed by atoms with E-state index in [4.69, 9.17) is 0 Å². The van der Waals surface area contributed by atoms with Gasteiger partial charge in [-0.2, -0.15) is 0 Å². The number of nitrogens with one attached hydrogen (secondary N) is 1. The maximum Gasteiger partial charge on any atom is 0.0121 e. The van der Waals surface area contributed by atoms with E-state index in [0.29, 0.717) is 5.41 Å². The molecule has 0 aromatic carbocycles. The van der Waals surface area contributed by atoms with E-state index in [1.807, 2.05) is 0 Å². The molecule has 84 valence electrons. The molecule has 1 aliphatic carbocycles. The molecule has 1 unspecified atom stereocenters. The van der Waals surface area contributed by atoms with Crippen molar-refractivity contribution in [2.45, 2.75) is 71.8 Å². The highest BCUT2D eigenvalue weighted by Gasteiger charge is 2.35. The number of hydrogen-bond acceptors (Lipinski definition) is 1. The lowest BCUT2D eigenvalue weighted by Gasteiger charge is -2.35. The largest absolute Gasteiger partial charge is 0.313 e. The third-order valence-corrected chi connectivity index (χ3v) is 3.81. The van der Waals surface area contributed by atoms with E-state index in [0.717, 1.165) is 6.04 Å². The first-order valence-corrected chi connectivity index (χ1v) is 6.46. The van der Waals surface area contributed by atoms with Crippen LogP contribution in [0.3, 0.4) is 0 Å². The van der Waals surface area contributed by atoms with E-state index in [1.54, 1.807) is 0 Å². The molecule has 0 bridgehead atoms. The highest BCUT2D eigenvalue weighted by molar-refractivity contribution is 4.91. The van der Waals surface area contributed by atoms with Gasteiger partial charge < -0.3 is 5.32 Å². The molecule has 0 aromatic rings. The Labute approximate surface area is 89.7 Å². The second kappa shape index (κ2) is 5.75. The topological polar surface area (TPSA) is 12.0 Å². The van der Waals surface area contributed by atoms with E-state index in [2.05, 4.69) is 26.1 Å². The zero-order chi connectivity index (χ0) is 10.4. The molecule has 1 atom stereocenters. The van der Waals surface area contributed by atoms with Gasteiger partial charge in [0, 0.05) is 6.04 Å². The van der Waals surface area contributed by atoms with Gasteiger partial charge in [0.25, 0.3) is 0 Å². The average Bonchev–Trinajstić information content (AvgIpc) is 2.60. The van der Waals surface area contributed by atoms with E-state index in [1.165, 1.54) is 51.5 Å². The molecule has 0 radical (unpaired) electrons. The van der Waals surface area contributed by atoms with Crippen LogP contribution in [-0.4, -0.2) is 12.6 Å². The SMILES string of the molecule is CCCNC(CCC)C1(C)CCCC1. The molecule has 1 aliphatic rings. The summed E-state index contributed by atoms with van der Waals surface area (Å²) in [6.07, 6.45) is 9.71. The summed E-state index contributed by atoms with van der Waals surface area (Å²) in [6.45, 7) is 8.25. The molecular weight excluding hydrogens is 170 g/mol. The Morgan fingerprint density at radius 2 is 1.79 bits per heavy atom. The maximum atomic E-state index is 3.75. The highest BCUT2D eigenvalue weighted by atomic mass is 14.9. The van der Waals surface area contributed by atoms with Gasteiger partial charge in [-0.1, -0.05) is 40.0 Å². The predicted molar refractivity (Wildman–Crippen MR) is 63.6 cm³/mol. The average molecular weight is 197 g/mol. The molecule has 1 heteroatoms. The lowest BCUT2D eigenvalue weighted by atomic mass is 9.78. The monoisotopic (exact) mass is 197 g/mol. The van der Waals surface area contributed by atoms with Crippen LogP contribution in [0.15, 0.2) is 0 Å². The molecule has 1 N–H and O–H groups in total. The summed E-state index contributed by atoms with van der Waals surface area (Å²) >= 11 is 0. The Kier molecular flexibility index (Phi) is 4.94. The van der Waals surface area contributed by atoms with Gasteiger partial charge in [0.05, 0.1) is 0 Å². The third kappa shape index (κ3) is 2.98. The van der Waals surface area contributed by atoms with Crippen molar-refractivity contribution in [3.8, 4) is 0 Å². The van der Waals surface area contributed by atoms with Crippen LogP contribution < -0.4 is 5.32 Å². The quantitative estimate of drug-likeness (QED) is 0.684. The zero-order valence-electron chi connectivity index (χ0n) is 10.2. The predicted octanol–water partition coefficient (Wildman–Crippen LogP) is 3.74. The summed E-state index contributed by atoms with van der Waals surface area (Å²) < 4.78 is 0. The van der Waals surface area contributed by atoms with Crippen LogP contribution in [0.1, 0.15) is 65.7 Å². The van der Waals surface area contributed by atoms with E-state index in [9.17, 15) is 0 Å². The fraction of sp³-hybridized carbons (Fsp3) is 1.00. The molecule has 1 nitrogen and oxygen atoms in total. The molecule has 0 amide bonds. The van der Waals surface area contributed by atoms with Gasteiger partial charge in [0.1, 0.15) is 0 Å². The minimum Gasteiger partial charge on any atom is -0.313 e. The Hall–Kier alpha value is -0.0400. The fourth-order valence-corrected chi connectivity index (χ4v) is 2.84. The van der Waals surface area contributed by atoms with Gasteiger partial charge in [0.2, 0.25) is 0 Å². The van der Waals surface area contributed by atoms with Crippen molar-refractivity contribution in [3.05, 3.63) is 0 Å². The Balaban J connectivity index is 2.46.